The number of halogens is 1. The second kappa shape index (κ2) is 10.7. The minimum Gasteiger partial charge on any atom is -0.462 e. The number of sulfonamides is 1. The molecule has 1 aliphatic rings. The Labute approximate surface area is 220 Å². The summed E-state index contributed by atoms with van der Waals surface area (Å²) in [6.45, 7) is 1.61. The van der Waals surface area contributed by atoms with E-state index in [-0.39, 0.29) is 36.6 Å². The maximum atomic E-state index is 13.5. The van der Waals surface area contributed by atoms with Crippen LogP contribution < -0.4 is 9.62 Å². The molecule has 2 atom stereocenters. The van der Waals surface area contributed by atoms with E-state index in [1.54, 1.807) is 38.1 Å². The number of furan rings is 1. The van der Waals surface area contributed by atoms with E-state index in [0.717, 1.165) is 6.26 Å². The van der Waals surface area contributed by atoms with Crippen LogP contribution in [0, 0.1) is 5.82 Å². The van der Waals surface area contributed by atoms with Gasteiger partial charge in [-0.1, -0.05) is 0 Å². The molecule has 0 unspecified atom stereocenters. The third-order valence-corrected chi connectivity index (χ3v) is 7.29. The normalized spacial score (nSPS) is 17.8. The van der Waals surface area contributed by atoms with Crippen molar-refractivity contribution in [3.63, 3.8) is 0 Å². The number of ether oxygens (including phenoxy) is 2. The van der Waals surface area contributed by atoms with Gasteiger partial charge in [-0.2, -0.15) is 0 Å². The van der Waals surface area contributed by atoms with Gasteiger partial charge in [0.1, 0.15) is 29.9 Å². The number of fused-ring (bicyclic) bond motifs is 2. The second-order valence-corrected chi connectivity index (χ2v) is 11.3. The summed E-state index contributed by atoms with van der Waals surface area (Å²) in [5.74, 6) is -1.09. The minimum absolute atomic E-state index is 0.0767. The lowest BCUT2D eigenvalue weighted by molar-refractivity contribution is -0.149. The molecule has 1 aliphatic heterocycles. The van der Waals surface area contributed by atoms with Gasteiger partial charge in [-0.3, -0.25) is 18.8 Å². The summed E-state index contributed by atoms with van der Waals surface area (Å²) < 4.78 is 58.0. The monoisotopic (exact) mass is 547 g/mol. The zero-order valence-electron chi connectivity index (χ0n) is 21.8. The molecule has 1 amide bonds. The van der Waals surface area contributed by atoms with E-state index in [2.05, 4.69) is 5.32 Å². The van der Waals surface area contributed by atoms with Crippen LogP contribution in [0.25, 0.3) is 22.3 Å². The van der Waals surface area contributed by atoms with Crippen LogP contribution in [0.5, 0.6) is 0 Å². The van der Waals surface area contributed by atoms with Gasteiger partial charge >= 0.3 is 5.97 Å². The molecule has 0 spiro atoms. The first-order valence-corrected chi connectivity index (χ1v) is 13.8. The molecule has 2 heterocycles. The molecule has 0 saturated heterocycles. The average molecular weight is 548 g/mol. The first-order valence-electron chi connectivity index (χ1n) is 11.9. The molecule has 3 aromatic rings. The molecule has 0 radical (unpaired) electrons. The molecule has 0 fully saturated rings. The predicted octanol–water partition coefficient (Wildman–Crippen LogP) is 2.93. The van der Waals surface area contributed by atoms with Crippen molar-refractivity contribution in [1.29, 1.82) is 0 Å². The number of amides is 1. The van der Waals surface area contributed by atoms with Gasteiger partial charge in [-0.15, -0.1) is 0 Å². The fourth-order valence-corrected chi connectivity index (χ4v) is 5.38. The Morgan fingerprint density at radius 1 is 1.21 bits per heavy atom. The van der Waals surface area contributed by atoms with E-state index in [4.69, 9.17) is 13.9 Å². The van der Waals surface area contributed by atoms with Gasteiger partial charge < -0.3 is 19.2 Å². The zero-order valence-corrected chi connectivity index (χ0v) is 22.6. The van der Waals surface area contributed by atoms with Gasteiger partial charge in [0.05, 0.1) is 36.7 Å². The number of carbonyl (C=O) groups excluding carboxylic acids is 2. The van der Waals surface area contributed by atoms with Crippen LogP contribution in [0.2, 0.25) is 0 Å². The van der Waals surface area contributed by atoms with Gasteiger partial charge in [-0.05, 0) is 51.4 Å². The number of carbonyl (C=O) groups is 2. The van der Waals surface area contributed by atoms with Crippen molar-refractivity contribution in [3.8, 4) is 11.3 Å². The van der Waals surface area contributed by atoms with Crippen LogP contribution in [-0.4, -0.2) is 78.4 Å². The molecule has 38 heavy (non-hydrogen) atoms. The van der Waals surface area contributed by atoms with Gasteiger partial charge in [0.15, 0.2) is 0 Å². The summed E-state index contributed by atoms with van der Waals surface area (Å²) in [5, 5.41) is 3.05. The number of benzene rings is 2. The Hall–Kier alpha value is -3.48. The number of hydrogen-bond donors (Lipinski definition) is 1. The van der Waals surface area contributed by atoms with E-state index in [9.17, 15) is 22.4 Å². The molecule has 1 aromatic heterocycles. The topological polar surface area (TPSA) is 118 Å². The van der Waals surface area contributed by atoms with Crippen LogP contribution in [-0.2, 0) is 24.3 Å². The van der Waals surface area contributed by atoms with Gasteiger partial charge in [0.2, 0.25) is 10.0 Å². The van der Waals surface area contributed by atoms with Gasteiger partial charge in [0, 0.05) is 29.6 Å². The first kappa shape index (κ1) is 27.6. The second-order valence-electron chi connectivity index (χ2n) is 9.41. The highest BCUT2D eigenvalue weighted by Crippen LogP contribution is 2.42. The van der Waals surface area contributed by atoms with Crippen molar-refractivity contribution in [2.24, 2.45) is 0 Å². The summed E-state index contributed by atoms with van der Waals surface area (Å²) in [6, 6.07) is 8.76. The summed E-state index contributed by atoms with van der Waals surface area (Å²) >= 11 is 0. The van der Waals surface area contributed by atoms with Crippen molar-refractivity contribution in [2.75, 3.05) is 51.4 Å². The third kappa shape index (κ3) is 5.66. The number of rotatable bonds is 7. The molecule has 4 rings (SSSR count). The molecular formula is C26H30FN3O7S. The molecule has 0 bridgehead atoms. The molecule has 0 saturated carbocycles. The van der Waals surface area contributed by atoms with Crippen LogP contribution in [0.15, 0.2) is 40.8 Å². The molecule has 10 nitrogen and oxygen atoms in total. The van der Waals surface area contributed by atoms with Crippen molar-refractivity contribution in [3.05, 3.63) is 53.3 Å². The van der Waals surface area contributed by atoms with Crippen LogP contribution in [0.4, 0.5) is 10.1 Å². The average Bonchev–Trinajstić information content (AvgIpc) is 3.14. The number of hydrogen-bond acceptors (Lipinski definition) is 8. The van der Waals surface area contributed by atoms with E-state index >= 15 is 0 Å². The molecule has 1 N–H and O–H groups in total. The fraction of sp³-hybridized carbons (Fsp3) is 0.385. The summed E-state index contributed by atoms with van der Waals surface area (Å²) in [4.78, 5) is 26.7. The smallest absolute Gasteiger partial charge is 0.320 e. The van der Waals surface area contributed by atoms with E-state index < -0.39 is 39.9 Å². The van der Waals surface area contributed by atoms with Crippen LogP contribution in [0.3, 0.4) is 0 Å². The Morgan fingerprint density at radius 3 is 2.50 bits per heavy atom. The van der Waals surface area contributed by atoms with Crippen LogP contribution in [0.1, 0.15) is 28.9 Å². The predicted molar refractivity (Wildman–Crippen MR) is 140 cm³/mol. The number of nitrogens with zero attached hydrogens (tertiary/aromatic N) is 2. The first-order chi connectivity index (χ1) is 17.9. The highest BCUT2D eigenvalue weighted by Gasteiger charge is 2.34. The summed E-state index contributed by atoms with van der Waals surface area (Å²) in [5.41, 5.74) is 1.84. The maximum Gasteiger partial charge on any atom is 0.320 e. The minimum atomic E-state index is -3.78. The molecule has 204 valence electrons. The maximum absolute atomic E-state index is 13.5. The van der Waals surface area contributed by atoms with Crippen molar-refractivity contribution in [1.82, 2.24) is 10.2 Å². The zero-order chi connectivity index (χ0) is 27.8. The van der Waals surface area contributed by atoms with E-state index in [0.29, 0.717) is 22.2 Å². The molecular weight excluding hydrogens is 517 g/mol. The Morgan fingerprint density at radius 2 is 1.89 bits per heavy atom. The van der Waals surface area contributed by atoms with E-state index in [1.807, 2.05) is 0 Å². The lowest BCUT2D eigenvalue weighted by Crippen LogP contribution is -2.39. The summed E-state index contributed by atoms with van der Waals surface area (Å²) in [7, 11) is 1.17. The Balaban J connectivity index is 1.81. The highest BCUT2D eigenvalue weighted by molar-refractivity contribution is 7.92. The molecule has 2 aromatic carbocycles. The van der Waals surface area contributed by atoms with Crippen molar-refractivity contribution in [2.45, 2.75) is 19.1 Å². The Bertz CT molecular complexity index is 1470. The number of likely N-dealkylation sites (N-methyl/N-ethyl adjacent to an activating group) is 1. The quantitative estimate of drug-likeness (QED) is 0.449. The summed E-state index contributed by atoms with van der Waals surface area (Å²) in [6.07, 6.45) is -0.271. The van der Waals surface area contributed by atoms with E-state index in [1.165, 1.54) is 35.6 Å². The standard InChI is InChI=1S/C26H30FN3O7S/c1-15-19-10-20-22(37-25(24(20)26(32)28-2)16-6-8-17(27)9-7-16)11-21(19)30(38(5,33)34)12-18(36-15)14-35-23(31)13-29(3)4/h6-11,15,18H,12-14H2,1-5H3,(H,28,32)/t15-,18-/m0/s1. The van der Waals surface area contributed by atoms with Gasteiger partial charge in [0.25, 0.3) is 5.91 Å². The number of nitrogens with one attached hydrogen (secondary N) is 1. The Kier molecular flexibility index (Phi) is 7.77. The molecule has 12 heteroatoms. The lowest BCUT2D eigenvalue weighted by Gasteiger charge is -2.24. The largest absolute Gasteiger partial charge is 0.462 e. The van der Waals surface area contributed by atoms with Crippen molar-refractivity contribution < 1.29 is 36.3 Å². The molecule has 0 aliphatic carbocycles. The number of esters is 1. The SMILES string of the molecule is CNC(=O)c1c(-c2ccc(F)cc2)oc2cc3c(cc12)[C@H](C)O[C@H](COC(=O)CN(C)C)CN3S(C)(=O)=O. The third-order valence-electron chi connectivity index (χ3n) is 6.15. The fourth-order valence-electron chi connectivity index (χ4n) is 4.43. The lowest BCUT2D eigenvalue weighted by atomic mass is 10.0. The highest BCUT2D eigenvalue weighted by atomic mass is 32.2. The van der Waals surface area contributed by atoms with Crippen LogP contribution >= 0.6 is 0 Å². The van der Waals surface area contributed by atoms with Crippen molar-refractivity contribution >= 4 is 38.6 Å². The number of anilines is 1. The van der Waals surface area contributed by atoms with Gasteiger partial charge in [-0.25, -0.2) is 12.8 Å².